The summed E-state index contributed by atoms with van der Waals surface area (Å²) < 4.78 is 38.3. The molecule has 1 aromatic heterocycles. The number of anilines is 1. The lowest BCUT2D eigenvalue weighted by Crippen LogP contribution is -2.37. The molecule has 0 unspecified atom stereocenters. The van der Waals surface area contributed by atoms with Crippen LogP contribution in [0.1, 0.15) is 11.4 Å². The summed E-state index contributed by atoms with van der Waals surface area (Å²) in [6.07, 6.45) is 2.51. The molecule has 1 aromatic carbocycles. The molecule has 0 atom stereocenters. The Morgan fingerprint density at radius 1 is 1.29 bits per heavy atom. The molecule has 0 radical (unpaired) electrons. The van der Waals surface area contributed by atoms with Crippen molar-refractivity contribution in [1.29, 1.82) is 0 Å². The largest absolute Gasteiger partial charge is 0.481 e. The number of nitrogens with zero attached hydrogens (tertiary/aromatic N) is 4. The number of aromatic nitrogens is 2. The first-order valence-electron chi connectivity index (χ1n) is 8.73. The zero-order valence-corrected chi connectivity index (χ0v) is 15.4. The Bertz CT molecular complexity index is 882. The predicted molar refractivity (Wildman–Crippen MR) is 102 cm³/mol. The lowest BCUT2D eigenvalue weighted by molar-refractivity contribution is 0.122. The van der Waals surface area contributed by atoms with Crippen molar-refractivity contribution in [3.63, 3.8) is 0 Å². The van der Waals surface area contributed by atoms with E-state index in [0.717, 1.165) is 6.20 Å². The number of ether oxygens (including phenoxy) is 2. The molecule has 1 aliphatic heterocycles. The van der Waals surface area contributed by atoms with E-state index in [1.165, 1.54) is 19.3 Å². The molecule has 0 bridgehead atoms. The highest BCUT2D eigenvalue weighted by atomic mass is 19.1. The third-order valence-electron chi connectivity index (χ3n) is 4.15. The molecule has 7 nitrogen and oxygen atoms in total. The molecule has 2 N–H and O–H groups in total. The van der Waals surface area contributed by atoms with Crippen LogP contribution in [0.15, 0.2) is 41.5 Å². The van der Waals surface area contributed by atoms with Crippen LogP contribution in [0.25, 0.3) is 5.70 Å². The first-order chi connectivity index (χ1) is 13.6. The number of benzene rings is 1. The minimum Gasteiger partial charge on any atom is -0.481 e. The Kier molecular flexibility index (Phi) is 6.49. The van der Waals surface area contributed by atoms with Gasteiger partial charge in [-0.25, -0.2) is 23.7 Å². The molecule has 28 heavy (non-hydrogen) atoms. The average molecular weight is 389 g/mol. The van der Waals surface area contributed by atoms with Crippen LogP contribution < -0.4 is 10.6 Å². The molecule has 9 heteroatoms. The van der Waals surface area contributed by atoms with Gasteiger partial charge in [-0.2, -0.15) is 0 Å². The van der Waals surface area contributed by atoms with Crippen LogP contribution in [0.5, 0.6) is 0 Å². The standard InChI is InChI=1S/C19H21F2N5O2/c1-27-17(23-11-13-4-2-3-5-14(13)20)10-16(22)18-24-12-15(21)19(25-18)26-6-8-28-9-7-26/h2-5,10,12H,6-9,11,22H2,1H3. The number of aliphatic imine (C=N–C) groups is 1. The Hall–Kier alpha value is -3.07. The van der Waals surface area contributed by atoms with Crippen LogP contribution in [0.2, 0.25) is 0 Å². The van der Waals surface area contributed by atoms with Gasteiger partial charge in [0.15, 0.2) is 17.5 Å². The summed E-state index contributed by atoms with van der Waals surface area (Å²) in [4.78, 5) is 14.2. The Balaban J connectivity index is 1.81. The SMILES string of the molecule is COC(C=C(N)c1ncc(F)c(N2CCOCC2)n1)=NCc1ccccc1F. The summed E-state index contributed by atoms with van der Waals surface area (Å²) in [5.74, 6) is -0.374. The molecule has 2 heterocycles. The summed E-state index contributed by atoms with van der Waals surface area (Å²) in [6, 6.07) is 6.33. The third-order valence-corrected chi connectivity index (χ3v) is 4.15. The number of halogens is 2. The van der Waals surface area contributed by atoms with Gasteiger partial charge in [0.1, 0.15) is 5.82 Å². The van der Waals surface area contributed by atoms with E-state index < -0.39 is 5.82 Å². The van der Waals surface area contributed by atoms with E-state index in [-0.39, 0.29) is 35.6 Å². The van der Waals surface area contributed by atoms with Gasteiger partial charge in [-0.1, -0.05) is 18.2 Å². The Morgan fingerprint density at radius 3 is 2.75 bits per heavy atom. The van der Waals surface area contributed by atoms with Crippen LogP contribution in [0.3, 0.4) is 0 Å². The van der Waals surface area contributed by atoms with E-state index in [0.29, 0.717) is 31.9 Å². The van der Waals surface area contributed by atoms with Crippen LogP contribution in [0, 0.1) is 11.6 Å². The van der Waals surface area contributed by atoms with Crippen LogP contribution in [-0.2, 0) is 16.0 Å². The Labute approximate surface area is 161 Å². The molecule has 0 aliphatic carbocycles. The van der Waals surface area contributed by atoms with Gasteiger partial charge >= 0.3 is 0 Å². The molecule has 3 rings (SSSR count). The van der Waals surface area contributed by atoms with Crippen LogP contribution in [-0.4, -0.2) is 49.3 Å². The molecule has 0 saturated carbocycles. The van der Waals surface area contributed by atoms with Crippen molar-refractivity contribution >= 4 is 17.4 Å². The van der Waals surface area contributed by atoms with E-state index in [1.807, 2.05) is 0 Å². The zero-order valence-electron chi connectivity index (χ0n) is 15.4. The maximum Gasteiger partial charge on any atom is 0.210 e. The number of methoxy groups -OCH3 is 1. The summed E-state index contributed by atoms with van der Waals surface area (Å²) >= 11 is 0. The summed E-state index contributed by atoms with van der Waals surface area (Å²) in [6.45, 7) is 2.15. The van der Waals surface area contributed by atoms with Gasteiger partial charge in [0.2, 0.25) is 5.90 Å². The van der Waals surface area contributed by atoms with Gasteiger partial charge in [-0.15, -0.1) is 0 Å². The molecule has 1 saturated heterocycles. The predicted octanol–water partition coefficient (Wildman–Crippen LogP) is 2.14. The highest BCUT2D eigenvalue weighted by Gasteiger charge is 2.18. The molecule has 0 amide bonds. The van der Waals surface area contributed by atoms with Gasteiger partial charge in [0.25, 0.3) is 0 Å². The third kappa shape index (κ3) is 4.80. The molecule has 2 aromatic rings. The van der Waals surface area contributed by atoms with E-state index >= 15 is 0 Å². The van der Waals surface area contributed by atoms with Crippen molar-refractivity contribution in [2.45, 2.75) is 6.54 Å². The lowest BCUT2D eigenvalue weighted by Gasteiger charge is -2.28. The quantitative estimate of drug-likeness (QED) is 0.623. The van der Waals surface area contributed by atoms with Gasteiger partial charge in [0.05, 0.1) is 38.8 Å². The van der Waals surface area contributed by atoms with E-state index in [2.05, 4.69) is 15.0 Å². The number of hydrogen-bond acceptors (Lipinski definition) is 7. The second-order valence-corrected chi connectivity index (χ2v) is 6.01. The van der Waals surface area contributed by atoms with Crippen molar-refractivity contribution in [3.05, 3.63) is 59.6 Å². The number of morpholine rings is 1. The van der Waals surface area contributed by atoms with Crippen molar-refractivity contribution in [2.24, 2.45) is 10.7 Å². The minimum atomic E-state index is -0.529. The molecular weight excluding hydrogens is 368 g/mol. The molecule has 1 fully saturated rings. The van der Waals surface area contributed by atoms with Gasteiger partial charge < -0.3 is 20.1 Å². The van der Waals surface area contributed by atoms with Crippen molar-refractivity contribution in [3.8, 4) is 0 Å². The second kappa shape index (κ2) is 9.23. The second-order valence-electron chi connectivity index (χ2n) is 6.01. The van der Waals surface area contributed by atoms with Gasteiger partial charge in [0, 0.05) is 24.7 Å². The topological polar surface area (TPSA) is 85.9 Å². The normalized spacial score (nSPS) is 15.6. The number of nitrogens with two attached hydrogens (primary N) is 1. The number of rotatable bonds is 5. The molecule has 1 aliphatic rings. The summed E-state index contributed by atoms with van der Waals surface area (Å²) in [5.41, 5.74) is 6.64. The fraction of sp³-hybridized carbons (Fsp3) is 0.316. The molecule has 0 spiro atoms. The lowest BCUT2D eigenvalue weighted by atomic mass is 10.2. The van der Waals surface area contributed by atoms with E-state index in [1.54, 1.807) is 23.1 Å². The highest BCUT2D eigenvalue weighted by molar-refractivity contribution is 5.94. The van der Waals surface area contributed by atoms with E-state index in [9.17, 15) is 8.78 Å². The Morgan fingerprint density at radius 2 is 2.04 bits per heavy atom. The summed E-state index contributed by atoms with van der Waals surface area (Å²) in [5, 5.41) is 0. The minimum absolute atomic E-state index is 0.0862. The van der Waals surface area contributed by atoms with Gasteiger partial charge in [-0.3, -0.25) is 0 Å². The monoisotopic (exact) mass is 389 g/mol. The fourth-order valence-corrected chi connectivity index (χ4v) is 2.65. The average Bonchev–Trinajstić information content (AvgIpc) is 2.73. The number of hydrogen-bond donors (Lipinski definition) is 1. The molecule has 148 valence electrons. The smallest absolute Gasteiger partial charge is 0.210 e. The fourth-order valence-electron chi connectivity index (χ4n) is 2.65. The highest BCUT2D eigenvalue weighted by Crippen LogP contribution is 2.18. The maximum absolute atomic E-state index is 14.1. The van der Waals surface area contributed by atoms with Crippen LogP contribution >= 0.6 is 0 Å². The van der Waals surface area contributed by atoms with Gasteiger partial charge in [-0.05, 0) is 6.07 Å². The zero-order chi connectivity index (χ0) is 19.9. The maximum atomic E-state index is 14.1. The first kappa shape index (κ1) is 19.7. The first-order valence-corrected chi connectivity index (χ1v) is 8.73. The summed E-state index contributed by atoms with van der Waals surface area (Å²) in [7, 11) is 1.43. The van der Waals surface area contributed by atoms with Crippen molar-refractivity contribution in [1.82, 2.24) is 9.97 Å². The van der Waals surface area contributed by atoms with Crippen molar-refractivity contribution in [2.75, 3.05) is 38.3 Å². The van der Waals surface area contributed by atoms with Crippen molar-refractivity contribution < 1.29 is 18.3 Å². The molecular formula is C19H21F2N5O2. The van der Waals surface area contributed by atoms with E-state index in [4.69, 9.17) is 15.2 Å². The van der Waals surface area contributed by atoms with Crippen LogP contribution in [0.4, 0.5) is 14.6 Å².